The summed E-state index contributed by atoms with van der Waals surface area (Å²) in [6.45, 7) is 3.31. The molecular weight excluding hydrogens is 328 g/mol. The molecule has 3 rings (SSSR count). The van der Waals surface area contributed by atoms with Gasteiger partial charge in [-0.2, -0.15) is 0 Å². The van der Waals surface area contributed by atoms with Crippen molar-refractivity contribution in [3.8, 4) is 16.9 Å². The van der Waals surface area contributed by atoms with Crippen LogP contribution in [0.25, 0.3) is 22.1 Å². The number of ether oxygens (including phenoxy) is 1. The second-order valence-corrected chi connectivity index (χ2v) is 5.98. The van der Waals surface area contributed by atoms with Gasteiger partial charge in [-0.05, 0) is 49.2 Å². The quantitative estimate of drug-likeness (QED) is 0.660. The Morgan fingerprint density at radius 3 is 2.54 bits per heavy atom. The number of hydrogen-bond donors (Lipinski definition) is 0. The maximum atomic E-state index is 12.4. The largest absolute Gasteiger partial charge is 0.486 e. The highest BCUT2D eigenvalue weighted by Crippen LogP contribution is 2.29. The molecule has 1 aromatic heterocycles. The second kappa shape index (κ2) is 6.49. The summed E-state index contributed by atoms with van der Waals surface area (Å²) in [6, 6.07) is 12.2. The van der Waals surface area contributed by atoms with E-state index < -0.39 is 5.63 Å². The van der Waals surface area contributed by atoms with Crippen LogP contribution in [0, 0.1) is 6.92 Å². The predicted molar refractivity (Wildman–Crippen MR) is 93.8 cm³/mol. The molecule has 0 unspecified atom stereocenters. The molecule has 1 heterocycles. The zero-order valence-electron chi connectivity index (χ0n) is 13.3. The summed E-state index contributed by atoms with van der Waals surface area (Å²) >= 11 is 5.90. The Kier molecular flexibility index (Phi) is 4.40. The fourth-order valence-electron chi connectivity index (χ4n) is 2.56. The summed E-state index contributed by atoms with van der Waals surface area (Å²) in [7, 11) is 0. The molecule has 0 aliphatic rings. The van der Waals surface area contributed by atoms with Crippen LogP contribution in [0.4, 0.5) is 0 Å². The predicted octanol–water partition coefficient (Wildman–Crippen LogP) is 4.39. The smallest absolute Gasteiger partial charge is 0.344 e. The Bertz CT molecular complexity index is 971. The minimum absolute atomic E-state index is 0.0163. The Morgan fingerprint density at radius 1 is 1.17 bits per heavy atom. The molecule has 122 valence electrons. The summed E-state index contributed by atoms with van der Waals surface area (Å²) in [6.07, 6.45) is 0. The van der Waals surface area contributed by atoms with Crippen LogP contribution in [0.3, 0.4) is 0 Å². The van der Waals surface area contributed by atoms with Crippen molar-refractivity contribution in [1.82, 2.24) is 0 Å². The number of Topliss-reactive ketones (excluding diaryl/α,β-unsaturated/α-hetero) is 1. The lowest BCUT2D eigenvalue weighted by Crippen LogP contribution is -2.08. The second-order valence-electron chi connectivity index (χ2n) is 5.55. The molecule has 0 amide bonds. The minimum atomic E-state index is -0.425. The third-order valence-electron chi connectivity index (χ3n) is 3.71. The van der Waals surface area contributed by atoms with Crippen LogP contribution in [0.5, 0.6) is 5.75 Å². The van der Waals surface area contributed by atoms with Gasteiger partial charge in [0.05, 0.1) is 5.56 Å². The van der Waals surface area contributed by atoms with Gasteiger partial charge in [0.25, 0.3) is 0 Å². The number of carbonyl (C=O) groups is 1. The molecule has 24 heavy (non-hydrogen) atoms. The van der Waals surface area contributed by atoms with E-state index in [2.05, 4.69) is 0 Å². The highest BCUT2D eigenvalue weighted by atomic mass is 35.5. The van der Waals surface area contributed by atoms with Gasteiger partial charge >= 0.3 is 5.63 Å². The molecule has 0 fully saturated rings. The maximum absolute atomic E-state index is 12.4. The van der Waals surface area contributed by atoms with E-state index in [1.807, 2.05) is 13.0 Å². The first kappa shape index (κ1) is 16.3. The SMILES string of the molecule is CC(=O)COc1ccc2c(C)c(-c3ccc(Cl)cc3)c(=O)oc2c1. The van der Waals surface area contributed by atoms with Gasteiger partial charge in [0.2, 0.25) is 0 Å². The number of halogens is 1. The van der Waals surface area contributed by atoms with Gasteiger partial charge < -0.3 is 9.15 Å². The Morgan fingerprint density at radius 2 is 1.88 bits per heavy atom. The minimum Gasteiger partial charge on any atom is -0.486 e. The third kappa shape index (κ3) is 3.19. The van der Waals surface area contributed by atoms with Crippen molar-refractivity contribution in [3.05, 3.63) is 63.5 Å². The zero-order valence-corrected chi connectivity index (χ0v) is 14.0. The topological polar surface area (TPSA) is 56.5 Å². The van der Waals surface area contributed by atoms with E-state index in [1.54, 1.807) is 36.4 Å². The normalized spacial score (nSPS) is 10.8. The number of benzene rings is 2. The van der Waals surface area contributed by atoms with Crippen LogP contribution in [0.2, 0.25) is 5.02 Å². The van der Waals surface area contributed by atoms with Crippen molar-refractivity contribution in [2.75, 3.05) is 6.61 Å². The van der Waals surface area contributed by atoms with Crippen molar-refractivity contribution in [3.63, 3.8) is 0 Å². The highest BCUT2D eigenvalue weighted by Gasteiger charge is 2.14. The average Bonchev–Trinajstić information content (AvgIpc) is 2.54. The summed E-state index contributed by atoms with van der Waals surface area (Å²) in [5.41, 5.74) is 2.09. The molecule has 4 nitrogen and oxygen atoms in total. The van der Waals surface area contributed by atoms with Gasteiger partial charge in [0.15, 0.2) is 5.78 Å². The van der Waals surface area contributed by atoms with E-state index in [0.717, 1.165) is 16.5 Å². The summed E-state index contributed by atoms with van der Waals surface area (Å²) in [5, 5.41) is 1.42. The van der Waals surface area contributed by atoms with Crippen molar-refractivity contribution < 1.29 is 13.9 Å². The van der Waals surface area contributed by atoms with Gasteiger partial charge in [0.1, 0.15) is 17.9 Å². The molecule has 2 aromatic carbocycles. The van der Waals surface area contributed by atoms with Crippen LogP contribution in [-0.4, -0.2) is 12.4 Å². The molecule has 0 aliphatic heterocycles. The van der Waals surface area contributed by atoms with E-state index >= 15 is 0 Å². The average molecular weight is 343 g/mol. The number of carbonyl (C=O) groups excluding carboxylic acids is 1. The van der Waals surface area contributed by atoms with Crippen LogP contribution >= 0.6 is 11.6 Å². The lowest BCUT2D eigenvalue weighted by molar-refractivity contribution is -0.118. The monoisotopic (exact) mass is 342 g/mol. The van der Waals surface area contributed by atoms with Crippen LogP contribution in [0.1, 0.15) is 12.5 Å². The molecule has 0 saturated heterocycles. The van der Waals surface area contributed by atoms with Gasteiger partial charge in [0, 0.05) is 16.5 Å². The molecule has 0 aliphatic carbocycles. The number of ketones is 1. The van der Waals surface area contributed by atoms with E-state index in [-0.39, 0.29) is 12.4 Å². The molecular formula is C19H15ClO4. The van der Waals surface area contributed by atoms with E-state index in [4.69, 9.17) is 20.8 Å². The van der Waals surface area contributed by atoms with Crippen molar-refractivity contribution in [2.45, 2.75) is 13.8 Å². The van der Waals surface area contributed by atoms with E-state index in [0.29, 0.717) is 21.9 Å². The summed E-state index contributed by atoms with van der Waals surface area (Å²) in [4.78, 5) is 23.4. The summed E-state index contributed by atoms with van der Waals surface area (Å²) in [5.74, 6) is 0.408. The third-order valence-corrected chi connectivity index (χ3v) is 3.97. The number of hydrogen-bond acceptors (Lipinski definition) is 4. The number of fused-ring (bicyclic) bond motifs is 1. The molecule has 0 bridgehead atoms. The first-order valence-corrected chi connectivity index (χ1v) is 7.79. The van der Waals surface area contributed by atoms with Crippen LogP contribution in [0.15, 0.2) is 51.7 Å². The standard InChI is InChI=1S/C19H15ClO4/c1-11(21)10-23-15-7-8-16-12(2)18(19(22)24-17(16)9-15)13-3-5-14(20)6-4-13/h3-9H,10H2,1-2H3. The fraction of sp³-hybridized carbons (Fsp3) is 0.158. The molecule has 5 heteroatoms. The highest BCUT2D eigenvalue weighted by molar-refractivity contribution is 6.30. The van der Waals surface area contributed by atoms with Gasteiger partial charge in [-0.3, -0.25) is 4.79 Å². The molecule has 0 N–H and O–H groups in total. The zero-order chi connectivity index (χ0) is 17.3. The first-order chi connectivity index (χ1) is 11.5. The Balaban J connectivity index is 2.10. The summed E-state index contributed by atoms with van der Waals surface area (Å²) < 4.78 is 10.8. The number of rotatable bonds is 4. The molecule has 0 saturated carbocycles. The lowest BCUT2D eigenvalue weighted by Gasteiger charge is -2.10. The first-order valence-electron chi connectivity index (χ1n) is 7.41. The van der Waals surface area contributed by atoms with Gasteiger partial charge in [-0.15, -0.1) is 0 Å². The van der Waals surface area contributed by atoms with Crippen LogP contribution in [-0.2, 0) is 4.79 Å². The maximum Gasteiger partial charge on any atom is 0.344 e. The van der Waals surface area contributed by atoms with Crippen molar-refractivity contribution in [1.29, 1.82) is 0 Å². The molecule has 3 aromatic rings. The van der Waals surface area contributed by atoms with Crippen molar-refractivity contribution in [2.24, 2.45) is 0 Å². The Labute approximate surface area is 143 Å². The van der Waals surface area contributed by atoms with Gasteiger partial charge in [-0.1, -0.05) is 23.7 Å². The lowest BCUT2D eigenvalue weighted by atomic mass is 10.00. The van der Waals surface area contributed by atoms with E-state index in [9.17, 15) is 9.59 Å². The molecule has 0 spiro atoms. The number of aryl methyl sites for hydroxylation is 1. The Hall–Kier alpha value is -2.59. The molecule has 0 radical (unpaired) electrons. The van der Waals surface area contributed by atoms with E-state index in [1.165, 1.54) is 6.92 Å². The fourth-order valence-corrected chi connectivity index (χ4v) is 2.69. The van der Waals surface area contributed by atoms with Crippen molar-refractivity contribution >= 4 is 28.4 Å². The van der Waals surface area contributed by atoms with Gasteiger partial charge in [-0.25, -0.2) is 4.79 Å². The molecule has 0 atom stereocenters. The van der Waals surface area contributed by atoms with Crippen LogP contribution < -0.4 is 10.4 Å².